The van der Waals surface area contributed by atoms with Gasteiger partial charge in [-0.25, -0.2) is 4.98 Å². The second-order valence-corrected chi connectivity index (χ2v) is 5.95. The van der Waals surface area contributed by atoms with E-state index >= 15 is 0 Å². The number of hydrogen-bond donors (Lipinski definition) is 3. The molecule has 0 aliphatic carbocycles. The highest BCUT2D eigenvalue weighted by molar-refractivity contribution is 5.97. The van der Waals surface area contributed by atoms with E-state index in [2.05, 4.69) is 22.5 Å². The predicted molar refractivity (Wildman–Crippen MR) is 83.2 cm³/mol. The normalized spacial score (nSPS) is 11.0. The van der Waals surface area contributed by atoms with Crippen molar-refractivity contribution in [2.45, 2.75) is 39.5 Å². The molecule has 116 valence electrons. The van der Waals surface area contributed by atoms with Crippen molar-refractivity contribution in [3.63, 3.8) is 0 Å². The van der Waals surface area contributed by atoms with Gasteiger partial charge in [0.25, 0.3) is 5.91 Å². The molecule has 0 fully saturated rings. The monoisotopic (exact) mass is 292 g/mol. The molecule has 1 aromatic rings. The summed E-state index contributed by atoms with van der Waals surface area (Å²) >= 11 is 0. The van der Waals surface area contributed by atoms with Crippen LogP contribution in [0.1, 0.15) is 50.2 Å². The SMILES string of the molecule is CCCNc1cc(C(=O)NCC(N)=O)cc(C(C)(C)C)n1. The first kappa shape index (κ1) is 16.9. The van der Waals surface area contributed by atoms with Gasteiger partial charge in [0.2, 0.25) is 5.91 Å². The molecule has 0 spiro atoms. The van der Waals surface area contributed by atoms with E-state index in [1.54, 1.807) is 12.1 Å². The summed E-state index contributed by atoms with van der Waals surface area (Å²) in [5, 5.41) is 5.68. The number of rotatable bonds is 6. The molecule has 2 amide bonds. The van der Waals surface area contributed by atoms with Gasteiger partial charge in [0.15, 0.2) is 0 Å². The Kier molecular flexibility index (Phi) is 5.69. The van der Waals surface area contributed by atoms with Crippen LogP contribution < -0.4 is 16.4 Å². The summed E-state index contributed by atoms with van der Waals surface area (Å²) < 4.78 is 0. The molecule has 0 radical (unpaired) electrons. The number of carbonyl (C=O) groups excluding carboxylic acids is 2. The maximum absolute atomic E-state index is 12.1. The molecule has 0 saturated heterocycles. The quantitative estimate of drug-likeness (QED) is 0.738. The number of nitrogens with zero attached hydrogens (tertiary/aromatic N) is 1. The molecule has 1 rings (SSSR count). The lowest BCUT2D eigenvalue weighted by molar-refractivity contribution is -0.117. The van der Waals surface area contributed by atoms with E-state index in [-0.39, 0.29) is 17.9 Å². The summed E-state index contributed by atoms with van der Waals surface area (Å²) in [5.41, 5.74) is 6.14. The number of anilines is 1. The molecule has 0 aliphatic rings. The van der Waals surface area contributed by atoms with Gasteiger partial charge in [-0.05, 0) is 18.6 Å². The number of primary amides is 1. The van der Waals surface area contributed by atoms with E-state index in [0.717, 1.165) is 18.7 Å². The standard InChI is InChI=1S/C15H24N4O2/c1-5-6-17-13-8-10(14(21)18-9-12(16)20)7-11(19-13)15(2,3)4/h7-8H,5-6,9H2,1-4H3,(H2,16,20)(H,17,19)(H,18,21). The second-order valence-electron chi connectivity index (χ2n) is 5.95. The zero-order valence-electron chi connectivity index (χ0n) is 13.1. The second kappa shape index (κ2) is 7.06. The third-order valence-electron chi connectivity index (χ3n) is 2.84. The van der Waals surface area contributed by atoms with Crippen molar-refractivity contribution in [2.24, 2.45) is 5.73 Å². The van der Waals surface area contributed by atoms with Gasteiger partial charge >= 0.3 is 0 Å². The Labute approximate surface area is 125 Å². The topological polar surface area (TPSA) is 97.1 Å². The van der Waals surface area contributed by atoms with Crippen LogP contribution in [0.4, 0.5) is 5.82 Å². The minimum atomic E-state index is -0.571. The number of pyridine rings is 1. The number of amides is 2. The van der Waals surface area contributed by atoms with Crippen LogP contribution in [0.5, 0.6) is 0 Å². The smallest absolute Gasteiger partial charge is 0.251 e. The largest absolute Gasteiger partial charge is 0.370 e. The molecule has 21 heavy (non-hydrogen) atoms. The van der Waals surface area contributed by atoms with E-state index in [0.29, 0.717) is 11.4 Å². The molecule has 0 aliphatic heterocycles. The van der Waals surface area contributed by atoms with Crippen LogP contribution in [0.3, 0.4) is 0 Å². The fourth-order valence-corrected chi connectivity index (χ4v) is 1.66. The van der Waals surface area contributed by atoms with Gasteiger partial charge in [0.05, 0.1) is 6.54 Å². The lowest BCUT2D eigenvalue weighted by atomic mass is 9.90. The van der Waals surface area contributed by atoms with Crippen molar-refractivity contribution in [1.29, 1.82) is 0 Å². The first-order chi connectivity index (χ1) is 9.74. The van der Waals surface area contributed by atoms with Crippen molar-refractivity contribution >= 4 is 17.6 Å². The van der Waals surface area contributed by atoms with Crippen molar-refractivity contribution < 1.29 is 9.59 Å². The summed E-state index contributed by atoms with van der Waals surface area (Å²) in [5.74, 6) is -0.243. The fraction of sp³-hybridized carbons (Fsp3) is 0.533. The number of carbonyl (C=O) groups is 2. The molecule has 6 nitrogen and oxygen atoms in total. The van der Waals surface area contributed by atoms with E-state index in [1.165, 1.54) is 0 Å². The van der Waals surface area contributed by atoms with Gasteiger partial charge in [-0.2, -0.15) is 0 Å². The molecule has 0 atom stereocenters. The Hall–Kier alpha value is -2.11. The van der Waals surface area contributed by atoms with Crippen LogP contribution in [0.15, 0.2) is 12.1 Å². The van der Waals surface area contributed by atoms with Gasteiger partial charge in [0, 0.05) is 23.2 Å². The molecule has 0 aromatic carbocycles. The van der Waals surface area contributed by atoms with E-state index < -0.39 is 5.91 Å². The summed E-state index contributed by atoms with van der Waals surface area (Å²) in [6.07, 6.45) is 0.963. The van der Waals surface area contributed by atoms with E-state index in [4.69, 9.17) is 5.73 Å². The Balaban J connectivity index is 3.06. The van der Waals surface area contributed by atoms with Crippen molar-refractivity contribution in [3.8, 4) is 0 Å². The van der Waals surface area contributed by atoms with Crippen molar-refractivity contribution in [3.05, 3.63) is 23.4 Å². The maximum atomic E-state index is 12.1. The van der Waals surface area contributed by atoms with Gasteiger partial charge in [0.1, 0.15) is 5.82 Å². The van der Waals surface area contributed by atoms with Crippen molar-refractivity contribution in [2.75, 3.05) is 18.4 Å². The summed E-state index contributed by atoms with van der Waals surface area (Å²) in [6, 6.07) is 3.43. The highest BCUT2D eigenvalue weighted by Crippen LogP contribution is 2.23. The molecule has 1 heterocycles. The first-order valence-corrected chi connectivity index (χ1v) is 7.07. The fourth-order valence-electron chi connectivity index (χ4n) is 1.66. The Bertz CT molecular complexity index is 521. The molecular formula is C15H24N4O2. The van der Waals surface area contributed by atoms with Crippen LogP contribution in [0.25, 0.3) is 0 Å². The highest BCUT2D eigenvalue weighted by atomic mass is 16.2. The third kappa shape index (κ3) is 5.41. The van der Waals surface area contributed by atoms with Crippen LogP contribution in [0.2, 0.25) is 0 Å². The zero-order valence-corrected chi connectivity index (χ0v) is 13.1. The molecular weight excluding hydrogens is 268 g/mol. The van der Waals surface area contributed by atoms with Crippen LogP contribution in [-0.4, -0.2) is 29.9 Å². The van der Waals surface area contributed by atoms with Crippen molar-refractivity contribution in [1.82, 2.24) is 10.3 Å². The molecule has 0 saturated carbocycles. The Morgan fingerprint density at radius 2 is 1.95 bits per heavy atom. The number of aromatic nitrogens is 1. The van der Waals surface area contributed by atoms with Crippen LogP contribution in [0, 0.1) is 0 Å². The average molecular weight is 292 g/mol. The number of nitrogens with two attached hydrogens (primary N) is 1. The molecule has 4 N–H and O–H groups in total. The lowest BCUT2D eigenvalue weighted by Crippen LogP contribution is -2.33. The predicted octanol–water partition coefficient (Wildman–Crippen LogP) is 1.42. The minimum Gasteiger partial charge on any atom is -0.370 e. The minimum absolute atomic E-state index is 0.177. The van der Waals surface area contributed by atoms with E-state index in [9.17, 15) is 9.59 Å². The summed E-state index contributed by atoms with van der Waals surface area (Å²) in [7, 11) is 0. The molecule has 0 unspecified atom stereocenters. The van der Waals surface area contributed by atoms with E-state index in [1.807, 2.05) is 20.8 Å². The van der Waals surface area contributed by atoms with Gasteiger partial charge in [-0.3, -0.25) is 9.59 Å². The van der Waals surface area contributed by atoms with Gasteiger partial charge in [-0.1, -0.05) is 27.7 Å². The number of nitrogens with one attached hydrogen (secondary N) is 2. The number of hydrogen-bond acceptors (Lipinski definition) is 4. The zero-order chi connectivity index (χ0) is 16.0. The van der Waals surface area contributed by atoms with Crippen LogP contribution >= 0.6 is 0 Å². The molecule has 0 bridgehead atoms. The molecule has 1 aromatic heterocycles. The maximum Gasteiger partial charge on any atom is 0.251 e. The highest BCUT2D eigenvalue weighted by Gasteiger charge is 2.19. The Morgan fingerprint density at radius 3 is 2.48 bits per heavy atom. The van der Waals surface area contributed by atoms with Gasteiger partial charge < -0.3 is 16.4 Å². The van der Waals surface area contributed by atoms with Crippen LogP contribution in [-0.2, 0) is 10.2 Å². The third-order valence-corrected chi connectivity index (χ3v) is 2.84. The Morgan fingerprint density at radius 1 is 1.29 bits per heavy atom. The molecule has 6 heteroatoms. The average Bonchev–Trinajstić information content (AvgIpc) is 2.41. The summed E-state index contributed by atoms with van der Waals surface area (Å²) in [6.45, 7) is 8.76. The van der Waals surface area contributed by atoms with Gasteiger partial charge in [-0.15, -0.1) is 0 Å². The lowest BCUT2D eigenvalue weighted by Gasteiger charge is -2.20. The summed E-state index contributed by atoms with van der Waals surface area (Å²) in [4.78, 5) is 27.4. The first-order valence-electron chi connectivity index (χ1n) is 7.07.